The smallest absolute Gasteiger partial charge is 0.384 e. The molecular formula is C23H18BBr2F6N2O3. The predicted molar refractivity (Wildman–Crippen MR) is 131 cm³/mol. The van der Waals surface area contributed by atoms with Gasteiger partial charge in [-0.25, -0.2) is 13.6 Å². The molecule has 0 aliphatic rings. The van der Waals surface area contributed by atoms with E-state index in [-0.39, 0.29) is 22.4 Å². The van der Waals surface area contributed by atoms with Crippen molar-refractivity contribution in [2.75, 3.05) is 6.61 Å². The second-order valence-electron chi connectivity index (χ2n) is 6.55. The van der Waals surface area contributed by atoms with Crippen LogP contribution in [0.15, 0.2) is 63.8 Å². The predicted octanol–water partition coefficient (Wildman–Crippen LogP) is 6.85. The molecule has 0 fully saturated rings. The maximum absolute atomic E-state index is 14.0. The first-order valence-corrected chi connectivity index (χ1v) is 11.1. The molecule has 0 saturated carbocycles. The molecular weight excluding hydrogens is 637 g/mol. The number of Topliss-reactive ketones (excluding diaryl/α,β-unsaturated/α-hetero) is 1. The number of halogens is 8. The third-order valence-corrected chi connectivity index (χ3v) is 5.03. The highest BCUT2D eigenvalue weighted by Gasteiger charge is 2.44. The van der Waals surface area contributed by atoms with E-state index in [0.29, 0.717) is 21.1 Å². The summed E-state index contributed by atoms with van der Waals surface area (Å²) < 4.78 is 85.9. The molecule has 3 radical (unpaired) electrons. The van der Waals surface area contributed by atoms with E-state index in [1.165, 1.54) is 25.3 Å². The van der Waals surface area contributed by atoms with Crippen LogP contribution in [0.4, 0.5) is 26.3 Å². The summed E-state index contributed by atoms with van der Waals surface area (Å²) in [5, 5.41) is 0. The third kappa shape index (κ3) is 8.66. The minimum absolute atomic E-state index is 0. The van der Waals surface area contributed by atoms with E-state index in [2.05, 4.69) is 46.6 Å². The van der Waals surface area contributed by atoms with Crippen LogP contribution < -0.4 is 0 Å². The van der Waals surface area contributed by atoms with Gasteiger partial charge in [0.1, 0.15) is 23.0 Å². The number of hydrogen-bond acceptors (Lipinski definition) is 5. The molecule has 197 valence electrons. The Labute approximate surface area is 227 Å². The lowest BCUT2D eigenvalue weighted by Crippen LogP contribution is -2.29. The zero-order valence-electron chi connectivity index (χ0n) is 18.1. The summed E-state index contributed by atoms with van der Waals surface area (Å²) in [6.45, 7) is 1.37. The number of benzene rings is 1. The van der Waals surface area contributed by atoms with Gasteiger partial charge in [-0.05, 0) is 75.2 Å². The van der Waals surface area contributed by atoms with E-state index in [9.17, 15) is 35.9 Å². The van der Waals surface area contributed by atoms with Crippen molar-refractivity contribution < 1.29 is 40.7 Å². The van der Waals surface area contributed by atoms with Gasteiger partial charge in [0, 0.05) is 35.8 Å². The molecule has 0 atom stereocenters. The first-order valence-electron chi connectivity index (χ1n) is 9.47. The Hall–Kier alpha value is -2.74. The molecule has 3 aromatic rings. The topological polar surface area (TPSA) is 69.2 Å². The largest absolute Gasteiger partial charge is 0.461 e. The van der Waals surface area contributed by atoms with Gasteiger partial charge in [-0.15, -0.1) is 0 Å². The fraction of sp³-hybridized carbons (Fsp3) is 0.217. The fourth-order valence-electron chi connectivity index (χ4n) is 2.41. The number of nitrogens with zero attached hydrogens (tertiary/aromatic N) is 2. The number of pyridine rings is 2. The zero-order chi connectivity index (χ0) is 26.4. The van der Waals surface area contributed by atoms with E-state index in [0.717, 1.165) is 24.4 Å². The maximum atomic E-state index is 14.0. The van der Waals surface area contributed by atoms with Crippen molar-refractivity contribution in [2.45, 2.75) is 26.2 Å². The van der Waals surface area contributed by atoms with Crippen LogP contribution in [0.25, 0.3) is 0 Å². The molecule has 1 aromatic carbocycles. The molecule has 0 amide bonds. The molecule has 14 heteroatoms. The van der Waals surface area contributed by atoms with Crippen LogP contribution in [0.1, 0.15) is 36.1 Å². The molecule has 2 heterocycles. The average molecular weight is 655 g/mol. The zero-order valence-corrected chi connectivity index (χ0v) is 21.3. The SMILES string of the molecule is C.CCOC(=O)C(F)(F)c1ccc(Br)cn1.O=C(c1ccc(F)cc1F)C(F)(F)c1ccc(Br)cn1.[B]. The van der Waals surface area contributed by atoms with Crippen LogP contribution >= 0.6 is 31.9 Å². The van der Waals surface area contributed by atoms with Crippen molar-refractivity contribution in [3.8, 4) is 0 Å². The van der Waals surface area contributed by atoms with Gasteiger partial charge >= 0.3 is 17.8 Å². The van der Waals surface area contributed by atoms with Crippen LogP contribution in [0, 0.1) is 11.6 Å². The first kappa shape index (κ1) is 34.3. The summed E-state index contributed by atoms with van der Waals surface area (Å²) >= 11 is 6.08. The molecule has 0 N–H and O–H groups in total. The number of carbonyl (C=O) groups is 2. The Morgan fingerprint density at radius 1 is 0.865 bits per heavy atom. The van der Waals surface area contributed by atoms with Crippen LogP contribution in [-0.4, -0.2) is 36.7 Å². The Morgan fingerprint density at radius 3 is 1.76 bits per heavy atom. The summed E-state index contributed by atoms with van der Waals surface area (Å²) in [6, 6.07) is 6.48. The summed E-state index contributed by atoms with van der Waals surface area (Å²) in [5.41, 5.74) is -2.32. The van der Waals surface area contributed by atoms with E-state index < -0.39 is 52.2 Å². The van der Waals surface area contributed by atoms with Crippen molar-refractivity contribution in [3.05, 3.63) is 92.4 Å². The van der Waals surface area contributed by atoms with Crippen LogP contribution in [0.2, 0.25) is 0 Å². The lowest BCUT2D eigenvalue weighted by molar-refractivity contribution is -0.173. The van der Waals surface area contributed by atoms with Crippen molar-refractivity contribution >= 4 is 52.0 Å². The Bertz CT molecular complexity index is 1200. The molecule has 0 saturated heterocycles. The highest BCUT2D eigenvalue weighted by Crippen LogP contribution is 2.32. The van der Waals surface area contributed by atoms with Crippen molar-refractivity contribution in [3.63, 3.8) is 0 Å². The van der Waals surface area contributed by atoms with Gasteiger partial charge in [-0.2, -0.15) is 17.6 Å². The molecule has 0 unspecified atom stereocenters. The first-order chi connectivity index (χ1) is 16.3. The number of alkyl halides is 4. The van der Waals surface area contributed by atoms with Gasteiger partial charge in [0.15, 0.2) is 0 Å². The van der Waals surface area contributed by atoms with Gasteiger partial charge in [0.05, 0.1) is 12.2 Å². The van der Waals surface area contributed by atoms with Gasteiger partial charge in [0.25, 0.3) is 0 Å². The molecule has 0 spiro atoms. The molecule has 37 heavy (non-hydrogen) atoms. The Morgan fingerprint density at radius 2 is 1.35 bits per heavy atom. The highest BCUT2D eigenvalue weighted by atomic mass is 79.9. The standard InChI is InChI=1S/C13H6BrF4NO.C9H8BrF2NO2.CH4.B/c14-7-1-4-11(19-6-7)13(17,18)12(20)9-3-2-8(15)5-10(9)16;1-2-15-8(14)9(11,12)7-4-3-6(10)5-13-7;;/h1-6H;3-5H,2H2,1H3;1H4;. The van der Waals surface area contributed by atoms with E-state index in [1.807, 2.05) is 0 Å². The molecule has 0 aliphatic heterocycles. The van der Waals surface area contributed by atoms with E-state index in [1.54, 1.807) is 0 Å². The van der Waals surface area contributed by atoms with Crippen molar-refractivity contribution in [2.24, 2.45) is 0 Å². The van der Waals surface area contributed by atoms with Gasteiger partial charge in [-0.1, -0.05) is 7.43 Å². The molecule has 3 rings (SSSR count). The number of rotatable bonds is 6. The second-order valence-corrected chi connectivity index (χ2v) is 8.38. The summed E-state index contributed by atoms with van der Waals surface area (Å²) in [4.78, 5) is 29.5. The maximum Gasteiger partial charge on any atom is 0.384 e. The van der Waals surface area contributed by atoms with E-state index >= 15 is 0 Å². The minimum atomic E-state index is -4.00. The number of esters is 1. The minimum Gasteiger partial charge on any atom is -0.461 e. The van der Waals surface area contributed by atoms with Crippen LogP contribution in [0.3, 0.4) is 0 Å². The molecule has 0 bridgehead atoms. The lowest BCUT2D eigenvalue weighted by Gasteiger charge is -2.14. The van der Waals surface area contributed by atoms with Crippen LogP contribution in [-0.2, 0) is 21.4 Å². The number of carbonyl (C=O) groups excluding carboxylic acids is 2. The normalized spacial score (nSPS) is 10.7. The van der Waals surface area contributed by atoms with Crippen molar-refractivity contribution in [1.82, 2.24) is 9.97 Å². The van der Waals surface area contributed by atoms with Crippen LogP contribution in [0.5, 0.6) is 0 Å². The fourth-order valence-corrected chi connectivity index (χ4v) is 2.88. The summed E-state index contributed by atoms with van der Waals surface area (Å²) in [7, 11) is 0. The third-order valence-electron chi connectivity index (χ3n) is 4.09. The lowest BCUT2D eigenvalue weighted by atomic mass is 10.0. The average Bonchev–Trinajstić information content (AvgIpc) is 2.80. The highest BCUT2D eigenvalue weighted by molar-refractivity contribution is 9.10. The number of hydrogen-bond donors (Lipinski definition) is 0. The summed E-state index contributed by atoms with van der Waals surface area (Å²) in [6.07, 6.45) is 2.29. The molecule has 5 nitrogen and oxygen atoms in total. The second kappa shape index (κ2) is 14.3. The van der Waals surface area contributed by atoms with Gasteiger partial charge in [0.2, 0.25) is 5.78 Å². The van der Waals surface area contributed by atoms with Gasteiger partial charge in [-0.3, -0.25) is 14.8 Å². The summed E-state index contributed by atoms with van der Waals surface area (Å²) in [5.74, 6) is -13.4. The molecule has 2 aromatic heterocycles. The van der Waals surface area contributed by atoms with Crippen molar-refractivity contribution in [1.29, 1.82) is 0 Å². The quantitative estimate of drug-likeness (QED) is 0.126. The molecule has 0 aliphatic carbocycles. The number of ketones is 1. The van der Waals surface area contributed by atoms with Gasteiger partial charge < -0.3 is 4.74 Å². The monoisotopic (exact) mass is 653 g/mol. The number of ether oxygens (including phenoxy) is 1. The Balaban J connectivity index is 0.000000690. The Kier molecular flexibility index (Phi) is 13.2. The van der Waals surface area contributed by atoms with E-state index in [4.69, 9.17) is 0 Å². The number of aromatic nitrogens is 2.